The number of phosphoric acid groups is 2. The van der Waals surface area contributed by atoms with Crippen molar-refractivity contribution in [3.63, 3.8) is 0 Å². The molecule has 2 aliphatic rings. The SMILES string of the molecule is CN(CCN1CCC(OC(=O)Nc2ccccc2-c2ccccc2)CC1)C(=O)c1ccc(CN2CCC(C(N)=O)CC2)cc1.O=P(O)(O)OP(=O)(O)O. The molecule has 0 aromatic heterocycles. The predicted octanol–water partition coefficient (Wildman–Crippen LogP) is 4.02. The lowest BCUT2D eigenvalue weighted by Gasteiger charge is -2.32. The van der Waals surface area contributed by atoms with Crippen LogP contribution in [0, 0.1) is 5.92 Å². The fourth-order valence-corrected chi connectivity index (χ4v) is 7.25. The lowest BCUT2D eigenvalue weighted by atomic mass is 9.96. The Kier molecular flexibility index (Phi) is 15.3. The summed E-state index contributed by atoms with van der Waals surface area (Å²) in [7, 11) is -8.26. The number of rotatable bonds is 12. The third-order valence-electron chi connectivity index (χ3n) is 8.96. The van der Waals surface area contributed by atoms with E-state index in [2.05, 4.69) is 19.4 Å². The van der Waals surface area contributed by atoms with E-state index < -0.39 is 21.7 Å². The van der Waals surface area contributed by atoms with E-state index in [1.807, 2.05) is 85.9 Å². The summed E-state index contributed by atoms with van der Waals surface area (Å²) in [4.78, 5) is 74.6. The summed E-state index contributed by atoms with van der Waals surface area (Å²) < 4.78 is 28.0. The van der Waals surface area contributed by atoms with Crippen LogP contribution < -0.4 is 11.1 Å². The van der Waals surface area contributed by atoms with Crippen LogP contribution in [0.25, 0.3) is 11.1 Å². The van der Waals surface area contributed by atoms with Gasteiger partial charge in [-0.05, 0) is 68.1 Å². The number of hydrogen-bond donors (Lipinski definition) is 6. The number of para-hydroxylation sites is 1. The van der Waals surface area contributed by atoms with Gasteiger partial charge in [-0.2, -0.15) is 4.31 Å². The van der Waals surface area contributed by atoms with Crippen LogP contribution in [-0.4, -0.2) is 105 Å². The highest BCUT2D eigenvalue weighted by molar-refractivity contribution is 7.60. The van der Waals surface area contributed by atoms with E-state index in [1.54, 1.807) is 4.90 Å². The molecule has 0 aliphatic carbocycles. The zero-order valence-corrected chi connectivity index (χ0v) is 31.2. The molecule has 0 bridgehead atoms. The topological polar surface area (TPSA) is 232 Å². The van der Waals surface area contributed by atoms with Crippen molar-refractivity contribution < 1.29 is 52.1 Å². The van der Waals surface area contributed by atoms with Crippen molar-refractivity contribution in [2.75, 3.05) is 51.6 Å². The summed E-state index contributed by atoms with van der Waals surface area (Å²) in [6.07, 6.45) is 2.56. The molecule has 53 heavy (non-hydrogen) atoms. The lowest BCUT2D eigenvalue weighted by Crippen LogP contribution is -2.42. The maximum absolute atomic E-state index is 13.0. The van der Waals surface area contributed by atoms with Crippen molar-refractivity contribution in [2.24, 2.45) is 11.7 Å². The molecule has 5 rings (SSSR count). The fraction of sp³-hybridized carbons (Fsp3) is 0.400. The summed E-state index contributed by atoms with van der Waals surface area (Å²) in [5, 5.41) is 2.93. The molecule has 2 heterocycles. The van der Waals surface area contributed by atoms with Crippen molar-refractivity contribution in [3.8, 4) is 11.1 Å². The average molecular weight is 776 g/mol. The van der Waals surface area contributed by atoms with Gasteiger partial charge in [0.1, 0.15) is 6.10 Å². The average Bonchev–Trinajstić information content (AvgIpc) is 3.11. The maximum Gasteiger partial charge on any atom is 0.478 e. The van der Waals surface area contributed by atoms with E-state index in [-0.39, 0.29) is 23.8 Å². The molecule has 288 valence electrons. The van der Waals surface area contributed by atoms with Gasteiger partial charge >= 0.3 is 21.7 Å². The molecule has 3 aromatic rings. The van der Waals surface area contributed by atoms with Gasteiger partial charge in [0, 0.05) is 56.8 Å². The molecule has 2 fully saturated rings. The van der Waals surface area contributed by atoms with Gasteiger partial charge in [0.25, 0.3) is 5.91 Å². The van der Waals surface area contributed by atoms with Crippen molar-refractivity contribution >= 4 is 39.2 Å². The molecule has 0 spiro atoms. The monoisotopic (exact) mass is 775 g/mol. The second-order valence-electron chi connectivity index (χ2n) is 12.9. The molecule has 18 heteroatoms. The Hall–Kier alpha value is -3.95. The van der Waals surface area contributed by atoms with E-state index in [0.29, 0.717) is 12.1 Å². The standard InChI is InChI=1S/C35H43N5O4.H4O7P2/c1-38(34(42)29-13-11-26(12-14-29)25-40-19-15-28(16-20-40)33(36)41)23-24-39-21-17-30(18-22-39)44-35(43)37-32-10-6-5-9-31(32)27-7-3-2-4-8-27;1-8(2,3)7-9(4,5)6/h2-14,28,30H,15-25H2,1H3,(H2,36,41)(H,37,43);(H2,1,2,3)(H2,4,5,6). The van der Waals surface area contributed by atoms with Gasteiger partial charge in [-0.25, -0.2) is 13.9 Å². The second-order valence-corrected chi connectivity index (χ2v) is 15.5. The number of hydrogen-bond acceptors (Lipinski definition) is 9. The number of likely N-dealkylation sites (N-methyl/N-ethyl adjacent to an activating group) is 1. The predicted molar refractivity (Wildman–Crippen MR) is 197 cm³/mol. The molecule has 3 aromatic carbocycles. The zero-order valence-electron chi connectivity index (χ0n) is 29.4. The first-order chi connectivity index (χ1) is 25.1. The number of anilines is 1. The number of nitrogens with two attached hydrogens (primary N) is 1. The number of benzene rings is 3. The molecule has 2 saturated heterocycles. The van der Waals surface area contributed by atoms with Crippen LogP contribution in [0.5, 0.6) is 0 Å². The number of carbonyl (C=O) groups excluding carboxylic acids is 3. The van der Waals surface area contributed by atoms with Gasteiger partial charge in [0.2, 0.25) is 5.91 Å². The molecule has 0 saturated carbocycles. The highest BCUT2D eigenvalue weighted by Crippen LogP contribution is 2.53. The summed E-state index contributed by atoms with van der Waals surface area (Å²) in [6.45, 7) is 5.53. The molecule has 3 amide bonds. The number of likely N-dealkylation sites (tertiary alicyclic amines) is 2. The Balaban J connectivity index is 0.000000618. The normalized spacial score (nSPS) is 16.2. The summed E-state index contributed by atoms with van der Waals surface area (Å²) in [6, 6.07) is 25.5. The van der Waals surface area contributed by atoms with Gasteiger partial charge in [-0.1, -0.05) is 60.7 Å². The van der Waals surface area contributed by atoms with E-state index in [0.717, 1.165) is 87.3 Å². The van der Waals surface area contributed by atoms with Crippen LogP contribution in [0.4, 0.5) is 10.5 Å². The minimum atomic E-state index is -5.05. The first-order valence-corrected chi connectivity index (χ1v) is 20.2. The number of piperidine rings is 2. The molecule has 7 N–H and O–H groups in total. The summed E-state index contributed by atoms with van der Waals surface area (Å²) >= 11 is 0. The first-order valence-electron chi connectivity index (χ1n) is 17.1. The van der Waals surface area contributed by atoms with Crippen LogP contribution in [0.1, 0.15) is 41.6 Å². The maximum atomic E-state index is 13.0. The Bertz CT molecular complexity index is 1740. The van der Waals surface area contributed by atoms with Crippen LogP contribution in [0.3, 0.4) is 0 Å². The summed E-state index contributed by atoms with van der Waals surface area (Å²) in [5.74, 6) is -0.205. The molecule has 0 radical (unpaired) electrons. The van der Waals surface area contributed by atoms with E-state index in [1.165, 1.54) is 0 Å². The smallest absolute Gasteiger partial charge is 0.446 e. The first kappa shape index (κ1) is 41.8. The number of primary amides is 1. The number of nitrogens with zero attached hydrogens (tertiary/aromatic N) is 3. The van der Waals surface area contributed by atoms with Gasteiger partial charge in [-0.3, -0.25) is 19.8 Å². The van der Waals surface area contributed by atoms with E-state index in [9.17, 15) is 23.5 Å². The van der Waals surface area contributed by atoms with Crippen molar-refractivity contribution in [1.29, 1.82) is 0 Å². The Morgan fingerprint density at radius 3 is 1.94 bits per heavy atom. The number of carbonyl (C=O) groups is 3. The van der Waals surface area contributed by atoms with E-state index >= 15 is 0 Å². The fourth-order valence-electron chi connectivity index (χ4n) is 6.14. The third-order valence-corrected chi connectivity index (χ3v) is 10.7. The third kappa shape index (κ3) is 14.4. The Morgan fingerprint density at radius 1 is 0.811 bits per heavy atom. The molecular formula is C35H47N5O11P2. The Labute approximate surface area is 308 Å². The van der Waals surface area contributed by atoms with Gasteiger partial charge in [0.15, 0.2) is 0 Å². The second kappa shape index (κ2) is 19.4. The van der Waals surface area contributed by atoms with Crippen LogP contribution in [0.15, 0.2) is 78.9 Å². The summed E-state index contributed by atoms with van der Waals surface area (Å²) in [5.41, 5.74) is 9.99. The van der Waals surface area contributed by atoms with Crippen molar-refractivity contribution in [3.05, 3.63) is 90.0 Å². The molecule has 0 atom stereocenters. The molecule has 0 unspecified atom stereocenters. The lowest BCUT2D eigenvalue weighted by molar-refractivity contribution is -0.123. The van der Waals surface area contributed by atoms with Crippen LogP contribution in [-0.2, 0) is 29.5 Å². The largest absolute Gasteiger partial charge is 0.478 e. The van der Waals surface area contributed by atoms with Crippen LogP contribution >= 0.6 is 15.6 Å². The zero-order chi connectivity index (χ0) is 38.6. The molecule has 2 aliphatic heterocycles. The van der Waals surface area contributed by atoms with Crippen LogP contribution in [0.2, 0.25) is 0 Å². The van der Waals surface area contributed by atoms with Gasteiger partial charge in [-0.15, -0.1) is 0 Å². The number of amides is 3. The number of ether oxygens (including phenoxy) is 1. The highest BCUT2D eigenvalue weighted by atomic mass is 31.3. The van der Waals surface area contributed by atoms with Gasteiger partial charge < -0.3 is 39.8 Å². The molecule has 16 nitrogen and oxygen atoms in total. The quantitative estimate of drug-likeness (QED) is 0.143. The molecular weight excluding hydrogens is 728 g/mol. The van der Waals surface area contributed by atoms with Gasteiger partial charge in [0.05, 0.1) is 5.69 Å². The Morgan fingerprint density at radius 2 is 1.38 bits per heavy atom. The van der Waals surface area contributed by atoms with Crippen molar-refractivity contribution in [2.45, 2.75) is 38.3 Å². The minimum Gasteiger partial charge on any atom is -0.446 e. The number of nitrogens with one attached hydrogen (secondary N) is 1. The van der Waals surface area contributed by atoms with E-state index in [4.69, 9.17) is 30.0 Å². The highest BCUT2D eigenvalue weighted by Gasteiger charge is 2.28. The van der Waals surface area contributed by atoms with Crippen molar-refractivity contribution in [1.82, 2.24) is 14.7 Å². The minimum absolute atomic E-state index is 0.00416.